The third kappa shape index (κ3) is 3.08. The predicted molar refractivity (Wildman–Crippen MR) is 72.3 cm³/mol. The van der Waals surface area contributed by atoms with Crippen molar-refractivity contribution in [3.05, 3.63) is 46.6 Å². The first kappa shape index (κ1) is 13.5. The molecule has 0 radical (unpaired) electrons. The average molecular weight is 303 g/mol. The van der Waals surface area contributed by atoms with E-state index < -0.39 is 10.0 Å². The molecule has 0 bridgehead atoms. The molecule has 0 saturated carbocycles. The summed E-state index contributed by atoms with van der Waals surface area (Å²) in [6.07, 6.45) is 1.26. The number of thiazole rings is 1. The van der Waals surface area contributed by atoms with E-state index in [1.807, 2.05) is 30.3 Å². The molecule has 2 rings (SSSR count). The monoisotopic (exact) mass is 302 g/mol. The van der Waals surface area contributed by atoms with Crippen molar-refractivity contribution in [3.63, 3.8) is 0 Å². The molecule has 96 valence electrons. The molecule has 1 N–H and O–H groups in total. The van der Waals surface area contributed by atoms with E-state index in [1.54, 1.807) is 6.92 Å². The summed E-state index contributed by atoms with van der Waals surface area (Å²) >= 11 is 6.57. The number of hydrogen-bond acceptors (Lipinski definition) is 4. The Morgan fingerprint density at radius 1 is 1.33 bits per heavy atom. The van der Waals surface area contributed by atoms with Gasteiger partial charge in [0.1, 0.15) is 0 Å². The van der Waals surface area contributed by atoms with Gasteiger partial charge in [-0.3, -0.25) is 0 Å². The molecule has 1 aromatic heterocycles. The van der Waals surface area contributed by atoms with Crippen LogP contribution >= 0.6 is 22.9 Å². The molecule has 0 aliphatic rings. The molecule has 1 aromatic carbocycles. The summed E-state index contributed by atoms with van der Waals surface area (Å²) in [4.78, 5) is 3.73. The fourth-order valence-corrected chi connectivity index (χ4v) is 4.01. The zero-order chi connectivity index (χ0) is 13.2. The Morgan fingerprint density at radius 2 is 2.00 bits per heavy atom. The second-order valence-electron chi connectivity index (χ2n) is 3.69. The van der Waals surface area contributed by atoms with Gasteiger partial charge in [-0.1, -0.05) is 53.3 Å². The van der Waals surface area contributed by atoms with Gasteiger partial charge in [0.2, 0.25) is 0 Å². The van der Waals surface area contributed by atoms with Crippen molar-refractivity contribution >= 4 is 33.0 Å². The van der Waals surface area contributed by atoms with Crippen LogP contribution in [0.25, 0.3) is 0 Å². The number of aromatic nitrogens is 1. The lowest BCUT2D eigenvalue weighted by atomic mass is 10.1. The number of benzene rings is 1. The van der Waals surface area contributed by atoms with Crippen LogP contribution in [0.1, 0.15) is 18.5 Å². The van der Waals surface area contributed by atoms with E-state index in [2.05, 4.69) is 9.71 Å². The van der Waals surface area contributed by atoms with E-state index in [4.69, 9.17) is 11.6 Å². The van der Waals surface area contributed by atoms with Gasteiger partial charge < -0.3 is 0 Å². The van der Waals surface area contributed by atoms with Crippen LogP contribution < -0.4 is 4.72 Å². The molecular formula is C11H11ClN2O2S2. The maximum atomic E-state index is 12.0. The Labute approximate surface area is 115 Å². The molecule has 0 unspecified atom stereocenters. The van der Waals surface area contributed by atoms with Crippen LogP contribution in [0.5, 0.6) is 0 Å². The molecule has 18 heavy (non-hydrogen) atoms. The van der Waals surface area contributed by atoms with Crippen molar-refractivity contribution in [2.24, 2.45) is 0 Å². The Kier molecular flexibility index (Phi) is 4.01. The second-order valence-corrected chi connectivity index (χ2v) is 7.24. The minimum Gasteiger partial charge on any atom is -0.232 e. The third-order valence-corrected chi connectivity index (χ3v) is 5.47. The first-order chi connectivity index (χ1) is 8.49. The predicted octanol–water partition coefficient (Wildman–Crippen LogP) is 2.84. The van der Waals surface area contributed by atoms with Gasteiger partial charge in [-0.15, -0.1) is 0 Å². The van der Waals surface area contributed by atoms with Crippen molar-refractivity contribution < 1.29 is 8.42 Å². The number of halogens is 1. The highest BCUT2D eigenvalue weighted by atomic mass is 35.5. The largest absolute Gasteiger partial charge is 0.252 e. The summed E-state index contributed by atoms with van der Waals surface area (Å²) in [6.45, 7) is 1.79. The van der Waals surface area contributed by atoms with Crippen molar-refractivity contribution in [1.82, 2.24) is 9.71 Å². The molecule has 0 aliphatic carbocycles. The molecule has 2 aromatic rings. The fourth-order valence-electron chi connectivity index (χ4n) is 1.46. The molecule has 1 atom stereocenters. The van der Waals surface area contributed by atoms with Crippen molar-refractivity contribution in [2.45, 2.75) is 17.2 Å². The van der Waals surface area contributed by atoms with E-state index in [0.29, 0.717) is 0 Å². The Bertz CT molecular complexity index is 626. The molecule has 1 heterocycles. The maximum Gasteiger partial charge on any atom is 0.252 e. The minimum atomic E-state index is -3.57. The molecule has 0 aliphatic heterocycles. The minimum absolute atomic E-state index is 0.121. The number of rotatable bonds is 4. The number of hydrogen-bond donors (Lipinski definition) is 1. The fraction of sp³-hybridized carbons (Fsp3) is 0.182. The number of nitrogens with one attached hydrogen (secondary N) is 1. The molecule has 0 saturated heterocycles. The highest BCUT2D eigenvalue weighted by molar-refractivity contribution is 7.91. The summed E-state index contributed by atoms with van der Waals surface area (Å²) < 4.78 is 27.0. The van der Waals surface area contributed by atoms with E-state index in [-0.39, 0.29) is 14.7 Å². The van der Waals surface area contributed by atoms with Crippen LogP contribution in [0.15, 0.2) is 40.7 Å². The van der Waals surface area contributed by atoms with E-state index in [1.165, 1.54) is 6.20 Å². The van der Waals surface area contributed by atoms with Crippen LogP contribution in [-0.2, 0) is 10.0 Å². The molecule has 0 fully saturated rings. The smallest absolute Gasteiger partial charge is 0.232 e. The highest BCUT2D eigenvalue weighted by Gasteiger charge is 2.20. The van der Waals surface area contributed by atoms with E-state index in [0.717, 1.165) is 16.9 Å². The van der Waals surface area contributed by atoms with Crippen LogP contribution in [0.3, 0.4) is 0 Å². The molecule has 0 spiro atoms. The van der Waals surface area contributed by atoms with Gasteiger partial charge in [0, 0.05) is 6.04 Å². The van der Waals surface area contributed by atoms with Crippen molar-refractivity contribution in [3.8, 4) is 0 Å². The van der Waals surface area contributed by atoms with Gasteiger partial charge in [-0.05, 0) is 12.5 Å². The van der Waals surface area contributed by atoms with Gasteiger partial charge in [-0.25, -0.2) is 18.1 Å². The average Bonchev–Trinajstić information content (AvgIpc) is 2.77. The van der Waals surface area contributed by atoms with E-state index >= 15 is 0 Å². The van der Waals surface area contributed by atoms with Gasteiger partial charge in [0.05, 0.1) is 6.20 Å². The second kappa shape index (κ2) is 5.36. The summed E-state index contributed by atoms with van der Waals surface area (Å²) in [5.41, 5.74) is 0.900. The lowest BCUT2D eigenvalue weighted by Gasteiger charge is -2.13. The van der Waals surface area contributed by atoms with Crippen molar-refractivity contribution in [1.29, 1.82) is 0 Å². The summed E-state index contributed by atoms with van der Waals surface area (Å²) in [5.74, 6) is 0. The van der Waals surface area contributed by atoms with Crippen LogP contribution in [0, 0.1) is 0 Å². The van der Waals surface area contributed by atoms with Gasteiger partial charge in [0.15, 0.2) is 8.68 Å². The van der Waals surface area contributed by atoms with E-state index in [9.17, 15) is 8.42 Å². The molecule has 7 heteroatoms. The summed E-state index contributed by atoms with van der Waals surface area (Å²) in [6, 6.07) is 9.04. The van der Waals surface area contributed by atoms with Crippen LogP contribution in [0.4, 0.5) is 0 Å². The van der Waals surface area contributed by atoms with Gasteiger partial charge in [0.25, 0.3) is 10.0 Å². The zero-order valence-electron chi connectivity index (χ0n) is 9.50. The molecule has 0 amide bonds. The Morgan fingerprint density at radius 3 is 2.56 bits per heavy atom. The molecular weight excluding hydrogens is 292 g/mol. The highest BCUT2D eigenvalue weighted by Crippen LogP contribution is 2.24. The first-order valence-corrected chi connectivity index (χ1v) is 7.85. The summed E-state index contributed by atoms with van der Waals surface area (Å²) in [5, 5.41) is 0. The maximum absolute atomic E-state index is 12.0. The first-order valence-electron chi connectivity index (χ1n) is 5.17. The SMILES string of the molecule is C[C@@H](NS(=O)(=O)c1cnc(Cl)s1)c1ccccc1. The third-order valence-electron chi connectivity index (χ3n) is 2.35. The standard InChI is InChI=1S/C11H11ClN2O2S2/c1-8(9-5-3-2-4-6-9)14-18(15,16)10-7-13-11(12)17-10/h2-8,14H,1H3/t8-/m1/s1. The van der Waals surface area contributed by atoms with Gasteiger partial charge >= 0.3 is 0 Å². The lowest BCUT2D eigenvalue weighted by molar-refractivity contribution is 0.569. The zero-order valence-corrected chi connectivity index (χ0v) is 11.9. The van der Waals surface area contributed by atoms with Gasteiger partial charge in [-0.2, -0.15) is 0 Å². The summed E-state index contributed by atoms with van der Waals surface area (Å²) in [7, 11) is -3.57. The Hall–Kier alpha value is -0.950. The quantitative estimate of drug-likeness (QED) is 0.945. The van der Waals surface area contributed by atoms with Crippen LogP contribution in [0.2, 0.25) is 4.47 Å². The normalized spacial score (nSPS) is 13.4. The topological polar surface area (TPSA) is 59.1 Å². The Balaban J connectivity index is 2.19. The molecule has 4 nitrogen and oxygen atoms in total. The number of nitrogens with zero attached hydrogens (tertiary/aromatic N) is 1. The van der Waals surface area contributed by atoms with Crippen LogP contribution in [-0.4, -0.2) is 13.4 Å². The lowest BCUT2D eigenvalue weighted by Crippen LogP contribution is -2.26. The number of sulfonamides is 1. The van der Waals surface area contributed by atoms with Crippen molar-refractivity contribution in [2.75, 3.05) is 0 Å².